The van der Waals surface area contributed by atoms with Gasteiger partial charge >= 0.3 is 0 Å². The highest BCUT2D eigenvalue weighted by atomic mass is 16.2. The number of carbonyl (C=O) groups is 2. The van der Waals surface area contributed by atoms with Gasteiger partial charge in [-0.05, 0) is 18.8 Å². The highest BCUT2D eigenvalue weighted by Crippen LogP contribution is 2.17. The Kier molecular flexibility index (Phi) is 6.84. The molecule has 0 aromatic carbocycles. The number of likely N-dealkylation sites (N-methyl/N-ethyl adjacent to an activating group) is 1. The summed E-state index contributed by atoms with van der Waals surface area (Å²) in [4.78, 5) is 24.9. The van der Waals surface area contributed by atoms with Crippen LogP contribution in [-0.2, 0) is 9.59 Å². The van der Waals surface area contributed by atoms with Crippen LogP contribution in [0, 0.1) is 5.92 Å². The van der Waals surface area contributed by atoms with Crippen LogP contribution in [0.15, 0.2) is 0 Å². The summed E-state index contributed by atoms with van der Waals surface area (Å²) in [5, 5.41) is 6.07. The molecule has 1 saturated carbocycles. The summed E-state index contributed by atoms with van der Waals surface area (Å²) >= 11 is 0. The van der Waals surface area contributed by atoms with Crippen LogP contribution in [0.25, 0.3) is 0 Å². The highest BCUT2D eigenvalue weighted by Gasteiger charge is 2.17. The van der Waals surface area contributed by atoms with Crippen LogP contribution in [-0.4, -0.2) is 49.4 Å². The molecule has 2 amide bonds. The van der Waals surface area contributed by atoms with E-state index in [0.717, 1.165) is 12.8 Å². The maximum absolute atomic E-state index is 11.9. The second-order valence-corrected chi connectivity index (χ2v) is 5.81. The molecule has 0 unspecified atom stereocenters. The summed E-state index contributed by atoms with van der Waals surface area (Å²) < 4.78 is 0. The van der Waals surface area contributed by atoms with Gasteiger partial charge in [-0.2, -0.15) is 0 Å². The van der Waals surface area contributed by atoms with Gasteiger partial charge in [-0.3, -0.25) is 9.59 Å². The average Bonchev–Trinajstić information content (AvgIpc) is 2.86. The van der Waals surface area contributed by atoms with E-state index in [-0.39, 0.29) is 18.4 Å². The zero-order valence-electron chi connectivity index (χ0n) is 12.4. The van der Waals surface area contributed by atoms with Gasteiger partial charge in [0.1, 0.15) is 0 Å². The van der Waals surface area contributed by atoms with E-state index in [0.29, 0.717) is 25.0 Å². The molecular weight excluding hydrogens is 242 g/mol. The Hall–Kier alpha value is -1.10. The fourth-order valence-corrected chi connectivity index (χ4v) is 2.17. The number of hydrogen-bond donors (Lipinski definition) is 2. The van der Waals surface area contributed by atoms with Gasteiger partial charge in [0.2, 0.25) is 11.8 Å². The molecule has 1 fully saturated rings. The first kappa shape index (κ1) is 16.0. The fraction of sp³-hybridized carbons (Fsp3) is 0.857. The first-order valence-electron chi connectivity index (χ1n) is 7.23. The quantitative estimate of drug-likeness (QED) is 0.717. The normalized spacial score (nSPS) is 15.8. The van der Waals surface area contributed by atoms with Gasteiger partial charge < -0.3 is 15.5 Å². The minimum absolute atomic E-state index is 0.0217. The molecule has 1 rings (SSSR count). The van der Waals surface area contributed by atoms with Crippen LogP contribution in [0.4, 0.5) is 0 Å². The van der Waals surface area contributed by atoms with Crippen molar-refractivity contribution in [2.75, 3.05) is 26.7 Å². The molecule has 19 heavy (non-hydrogen) atoms. The summed E-state index contributed by atoms with van der Waals surface area (Å²) in [5.74, 6) is 0.311. The number of nitrogens with zero attached hydrogens (tertiary/aromatic N) is 1. The Morgan fingerprint density at radius 3 is 2.47 bits per heavy atom. The third-order valence-electron chi connectivity index (χ3n) is 3.41. The number of hydrogen-bond acceptors (Lipinski definition) is 3. The third-order valence-corrected chi connectivity index (χ3v) is 3.41. The lowest BCUT2D eigenvalue weighted by Crippen LogP contribution is -2.44. The summed E-state index contributed by atoms with van der Waals surface area (Å²) in [6.45, 7) is 5.21. The van der Waals surface area contributed by atoms with E-state index in [1.807, 2.05) is 13.8 Å². The second kappa shape index (κ2) is 8.15. The van der Waals surface area contributed by atoms with Crippen LogP contribution in [0.1, 0.15) is 39.5 Å². The predicted molar refractivity (Wildman–Crippen MR) is 75.7 cm³/mol. The van der Waals surface area contributed by atoms with Crippen LogP contribution < -0.4 is 10.6 Å². The maximum atomic E-state index is 11.9. The molecule has 0 saturated heterocycles. The minimum Gasteiger partial charge on any atom is -0.354 e. The van der Waals surface area contributed by atoms with Crippen molar-refractivity contribution in [2.24, 2.45) is 5.92 Å². The fourth-order valence-electron chi connectivity index (χ4n) is 2.17. The molecule has 0 aromatic rings. The molecule has 1 aliphatic carbocycles. The Morgan fingerprint density at radius 1 is 1.26 bits per heavy atom. The molecule has 110 valence electrons. The molecule has 1 aliphatic rings. The van der Waals surface area contributed by atoms with Crippen molar-refractivity contribution in [1.82, 2.24) is 15.5 Å². The minimum atomic E-state index is -0.0922. The van der Waals surface area contributed by atoms with Gasteiger partial charge in [-0.1, -0.05) is 26.7 Å². The van der Waals surface area contributed by atoms with Gasteiger partial charge in [0.15, 0.2) is 0 Å². The molecular formula is C14H27N3O2. The molecule has 0 bridgehead atoms. The van der Waals surface area contributed by atoms with Crippen molar-refractivity contribution in [3.63, 3.8) is 0 Å². The zero-order valence-corrected chi connectivity index (χ0v) is 12.4. The predicted octanol–water partition coefficient (Wildman–Crippen LogP) is 0.749. The van der Waals surface area contributed by atoms with Crippen molar-refractivity contribution < 1.29 is 9.59 Å². The third kappa shape index (κ3) is 6.57. The molecule has 0 atom stereocenters. The van der Waals surface area contributed by atoms with Crippen molar-refractivity contribution in [3.8, 4) is 0 Å². The van der Waals surface area contributed by atoms with E-state index < -0.39 is 0 Å². The van der Waals surface area contributed by atoms with E-state index in [4.69, 9.17) is 0 Å². The zero-order chi connectivity index (χ0) is 14.3. The molecule has 5 heteroatoms. The van der Waals surface area contributed by atoms with Crippen molar-refractivity contribution in [3.05, 3.63) is 0 Å². The van der Waals surface area contributed by atoms with E-state index in [1.54, 1.807) is 7.05 Å². The number of nitrogens with one attached hydrogen (secondary N) is 2. The van der Waals surface area contributed by atoms with Crippen LogP contribution in [0.3, 0.4) is 0 Å². The monoisotopic (exact) mass is 269 g/mol. The van der Waals surface area contributed by atoms with E-state index >= 15 is 0 Å². The number of carbonyl (C=O) groups excluding carboxylic acids is 2. The highest BCUT2D eigenvalue weighted by molar-refractivity contribution is 5.85. The standard InChI is InChI=1S/C14H27N3O2/c1-11(2)8-16-13(18)10-17(3)14(19)9-15-12-6-4-5-7-12/h11-12,15H,4-10H2,1-3H3,(H,16,18). The van der Waals surface area contributed by atoms with Gasteiger partial charge in [-0.15, -0.1) is 0 Å². The van der Waals surface area contributed by atoms with Crippen LogP contribution in [0.5, 0.6) is 0 Å². The summed E-state index contributed by atoms with van der Waals surface area (Å²) in [6, 6.07) is 0.479. The van der Waals surface area contributed by atoms with Crippen molar-refractivity contribution in [1.29, 1.82) is 0 Å². The molecule has 0 spiro atoms. The van der Waals surface area contributed by atoms with E-state index in [9.17, 15) is 9.59 Å². The van der Waals surface area contributed by atoms with Gasteiger partial charge in [0, 0.05) is 19.6 Å². The first-order chi connectivity index (χ1) is 8.99. The average molecular weight is 269 g/mol. The first-order valence-corrected chi connectivity index (χ1v) is 7.23. The van der Waals surface area contributed by atoms with E-state index in [2.05, 4.69) is 10.6 Å². The Balaban J connectivity index is 2.18. The summed E-state index contributed by atoms with van der Waals surface area (Å²) in [5.41, 5.74) is 0. The molecule has 5 nitrogen and oxygen atoms in total. The summed E-state index contributed by atoms with van der Waals surface area (Å²) in [6.07, 6.45) is 4.82. The SMILES string of the molecule is CC(C)CNC(=O)CN(C)C(=O)CNC1CCCC1. The lowest BCUT2D eigenvalue weighted by molar-refractivity contribution is -0.134. The lowest BCUT2D eigenvalue weighted by atomic mass is 10.2. The summed E-state index contributed by atoms with van der Waals surface area (Å²) in [7, 11) is 1.67. The largest absolute Gasteiger partial charge is 0.354 e. The molecule has 0 radical (unpaired) electrons. The molecule has 0 aliphatic heterocycles. The van der Waals surface area contributed by atoms with Gasteiger partial charge in [0.05, 0.1) is 13.1 Å². The van der Waals surface area contributed by atoms with E-state index in [1.165, 1.54) is 17.7 Å². The topological polar surface area (TPSA) is 61.4 Å². The lowest BCUT2D eigenvalue weighted by Gasteiger charge is -2.19. The molecule has 0 aromatic heterocycles. The Bertz CT molecular complexity index is 299. The Morgan fingerprint density at radius 2 is 1.89 bits per heavy atom. The second-order valence-electron chi connectivity index (χ2n) is 5.81. The maximum Gasteiger partial charge on any atom is 0.239 e. The number of rotatable bonds is 7. The van der Waals surface area contributed by atoms with Crippen LogP contribution >= 0.6 is 0 Å². The van der Waals surface area contributed by atoms with Gasteiger partial charge in [-0.25, -0.2) is 0 Å². The molecule has 2 N–H and O–H groups in total. The Labute approximate surface area is 116 Å². The van der Waals surface area contributed by atoms with Crippen LogP contribution in [0.2, 0.25) is 0 Å². The smallest absolute Gasteiger partial charge is 0.239 e. The van der Waals surface area contributed by atoms with Crippen molar-refractivity contribution >= 4 is 11.8 Å². The van der Waals surface area contributed by atoms with Gasteiger partial charge in [0.25, 0.3) is 0 Å². The molecule has 0 heterocycles. The van der Waals surface area contributed by atoms with Crippen molar-refractivity contribution in [2.45, 2.75) is 45.6 Å². The number of amides is 2.